The molecular weight excluding hydrogens is 344 g/mol. The van der Waals surface area contributed by atoms with E-state index in [2.05, 4.69) is 34.9 Å². The highest BCUT2D eigenvalue weighted by atomic mass is 79.9. The summed E-state index contributed by atoms with van der Waals surface area (Å²) in [6.07, 6.45) is 0.378. The minimum atomic E-state index is -0.300. The largest absolute Gasteiger partial charge is 0.392 e. The molecule has 1 aliphatic rings. The maximum atomic E-state index is 10.6. The Morgan fingerprint density at radius 1 is 1.47 bits per heavy atom. The number of aryl methyl sites for hydroxylation is 2. The molecule has 2 rings (SSSR count). The summed E-state index contributed by atoms with van der Waals surface area (Å²) < 4.78 is 3.04. The minimum absolute atomic E-state index is 0.300. The molecule has 0 saturated carbocycles. The van der Waals surface area contributed by atoms with Gasteiger partial charge < -0.3 is 5.11 Å². The van der Waals surface area contributed by atoms with Crippen molar-refractivity contribution in [3.63, 3.8) is 0 Å². The Labute approximate surface area is 132 Å². The van der Waals surface area contributed by atoms with Gasteiger partial charge in [-0.05, 0) is 29.8 Å². The summed E-state index contributed by atoms with van der Waals surface area (Å²) in [6, 6.07) is 0. The molecule has 6 heteroatoms. The summed E-state index contributed by atoms with van der Waals surface area (Å²) >= 11 is 7.48. The van der Waals surface area contributed by atoms with Gasteiger partial charge in [0.25, 0.3) is 0 Å². The van der Waals surface area contributed by atoms with E-state index in [-0.39, 0.29) is 6.10 Å². The van der Waals surface area contributed by atoms with Crippen LogP contribution in [0.25, 0.3) is 0 Å². The smallest absolute Gasteiger partial charge is 0.0738 e. The van der Waals surface area contributed by atoms with E-state index in [1.54, 1.807) is 0 Å². The lowest BCUT2D eigenvalue weighted by atomic mass is 10.1. The van der Waals surface area contributed by atoms with Crippen LogP contribution in [-0.4, -0.2) is 43.0 Å². The normalized spacial score (nSPS) is 25.5. The van der Waals surface area contributed by atoms with Crippen molar-refractivity contribution in [3.8, 4) is 0 Å². The molecule has 1 aromatic rings. The van der Waals surface area contributed by atoms with Crippen molar-refractivity contribution in [3.05, 3.63) is 15.9 Å². The first kappa shape index (κ1) is 15.7. The number of halogens is 1. The third kappa shape index (κ3) is 3.52. The fourth-order valence-corrected chi connectivity index (χ4v) is 5.74. The van der Waals surface area contributed by atoms with Crippen LogP contribution >= 0.6 is 39.5 Å². The molecule has 0 aromatic carbocycles. The SMILES string of the molecule is CCn1nc(C)c(Br)c1CC(O)C1SCCSC1C. The fraction of sp³-hybridized carbons (Fsp3) is 0.769. The molecule has 108 valence electrons. The summed E-state index contributed by atoms with van der Waals surface area (Å²) in [7, 11) is 0. The van der Waals surface area contributed by atoms with Gasteiger partial charge >= 0.3 is 0 Å². The second-order valence-corrected chi connectivity index (χ2v) is 8.41. The van der Waals surface area contributed by atoms with Crippen LogP contribution in [0, 0.1) is 6.92 Å². The van der Waals surface area contributed by atoms with Gasteiger partial charge in [-0.1, -0.05) is 6.92 Å². The summed E-state index contributed by atoms with van der Waals surface area (Å²) in [5, 5.41) is 15.9. The first-order chi connectivity index (χ1) is 9.04. The lowest BCUT2D eigenvalue weighted by Gasteiger charge is -2.31. The number of hydrogen-bond acceptors (Lipinski definition) is 4. The van der Waals surface area contributed by atoms with Gasteiger partial charge in [-0.15, -0.1) is 0 Å². The maximum absolute atomic E-state index is 10.6. The predicted octanol–water partition coefficient (Wildman–Crippen LogP) is 3.11. The predicted molar refractivity (Wildman–Crippen MR) is 88.2 cm³/mol. The Kier molecular flexibility index (Phi) is 5.69. The Hall–Kier alpha value is 0.350. The van der Waals surface area contributed by atoms with Gasteiger partial charge in [0.15, 0.2) is 0 Å². The number of hydrogen-bond donors (Lipinski definition) is 1. The molecule has 19 heavy (non-hydrogen) atoms. The third-order valence-electron chi connectivity index (χ3n) is 3.47. The quantitative estimate of drug-likeness (QED) is 0.890. The van der Waals surface area contributed by atoms with Crippen molar-refractivity contribution in [2.75, 3.05) is 11.5 Å². The second-order valence-electron chi connectivity index (χ2n) is 4.84. The van der Waals surface area contributed by atoms with Crippen LogP contribution in [0.2, 0.25) is 0 Å². The van der Waals surface area contributed by atoms with Gasteiger partial charge in [0, 0.05) is 35.0 Å². The number of thioether (sulfide) groups is 2. The highest BCUT2D eigenvalue weighted by molar-refractivity contribution is 9.10. The fourth-order valence-electron chi connectivity index (χ4n) is 2.45. The van der Waals surface area contributed by atoms with Gasteiger partial charge in [0.2, 0.25) is 0 Å². The molecule has 0 aliphatic carbocycles. The highest BCUT2D eigenvalue weighted by Gasteiger charge is 2.30. The van der Waals surface area contributed by atoms with Crippen molar-refractivity contribution < 1.29 is 5.11 Å². The summed E-state index contributed by atoms with van der Waals surface area (Å²) in [4.78, 5) is 0. The summed E-state index contributed by atoms with van der Waals surface area (Å²) in [5.74, 6) is 2.34. The maximum Gasteiger partial charge on any atom is 0.0738 e. The number of rotatable bonds is 4. The van der Waals surface area contributed by atoms with Crippen molar-refractivity contribution >= 4 is 39.5 Å². The van der Waals surface area contributed by atoms with Crippen LogP contribution in [0.1, 0.15) is 25.2 Å². The first-order valence-electron chi connectivity index (χ1n) is 6.67. The van der Waals surface area contributed by atoms with Gasteiger partial charge in [-0.25, -0.2) is 0 Å². The Morgan fingerprint density at radius 3 is 2.79 bits per heavy atom. The van der Waals surface area contributed by atoms with Crippen molar-refractivity contribution in [2.45, 2.75) is 50.3 Å². The van der Waals surface area contributed by atoms with Crippen molar-refractivity contribution in [1.82, 2.24) is 9.78 Å². The highest BCUT2D eigenvalue weighted by Crippen LogP contribution is 2.34. The Bertz CT molecular complexity index is 439. The molecule has 0 spiro atoms. The van der Waals surface area contributed by atoms with Gasteiger partial charge in [-0.3, -0.25) is 4.68 Å². The van der Waals surface area contributed by atoms with Gasteiger partial charge in [0.05, 0.1) is 22.0 Å². The molecule has 0 radical (unpaired) electrons. The van der Waals surface area contributed by atoms with Crippen LogP contribution < -0.4 is 0 Å². The van der Waals surface area contributed by atoms with E-state index in [9.17, 15) is 5.11 Å². The van der Waals surface area contributed by atoms with Gasteiger partial charge in [0.1, 0.15) is 0 Å². The Morgan fingerprint density at radius 2 is 2.16 bits per heavy atom. The zero-order chi connectivity index (χ0) is 14.0. The van der Waals surface area contributed by atoms with E-state index in [1.165, 1.54) is 5.75 Å². The lowest BCUT2D eigenvalue weighted by Crippen LogP contribution is -2.36. The molecule has 1 aliphatic heterocycles. The number of aliphatic hydroxyl groups excluding tert-OH is 1. The second kappa shape index (κ2) is 6.87. The van der Waals surface area contributed by atoms with Gasteiger partial charge in [-0.2, -0.15) is 28.6 Å². The van der Waals surface area contributed by atoms with Crippen LogP contribution in [0.5, 0.6) is 0 Å². The number of nitrogens with zero attached hydrogens (tertiary/aromatic N) is 2. The van der Waals surface area contributed by atoms with Crippen molar-refractivity contribution in [1.29, 1.82) is 0 Å². The van der Waals surface area contributed by atoms with E-state index in [1.807, 2.05) is 35.1 Å². The summed E-state index contributed by atoms with van der Waals surface area (Å²) in [5.41, 5.74) is 2.12. The molecule has 0 bridgehead atoms. The van der Waals surface area contributed by atoms with Crippen LogP contribution in [-0.2, 0) is 13.0 Å². The molecule has 2 heterocycles. The van der Waals surface area contributed by atoms with E-state index in [4.69, 9.17) is 0 Å². The van der Waals surface area contributed by atoms with E-state index in [0.29, 0.717) is 16.9 Å². The molecule has 3 atom stereocenters. The zero-order valence-electron chi connectivity index (χ0n) is 11.6. The molecule has 1 aromatic heterocycles. The summed E-state index contributed by atoms with van der Waals surface area (Å²) in [6.45, 7) is 7.15. The van der Waals surface area contributed by atoms with Crippen LogP contribution in [0.15, 0.2) is 4.47 Å². The first-order valence-corrected chi connectivity index (χ1v) is 9.56. The third-order valence-corrected chi connectivity index (χ3v) is 7.74. The molecule has 0 amide bonds. The monoisotopic (exact) mass is 364 g/mol. The molecule has 1 saturated heterocycles. The molecule has 3 nitrogen and oxygen atoms in total. The zero-order valence-corrected chi connectivity index (χ0v) is 14.8. The Balaban J connectivity index is 2.11. The lowest BCUT2D eigenvalue weighted by molar-refractivity contribution is 0.168. The average Bonchev–Trinajstić information content (AvgIpc) is 2.67. The molecule has 1 N–H and O–H groups in total. The van der Waals surface area contributed by atoms with Crippen LogP contribution in [0.4, 0.5) is 0 Å². The van der Waals surface area contributed by atoms with E-state index in [0.717, 1.165) is 28.2 Å². The topological polar surface area (TPSA) is 38.0 Å². The van der Waals surface area contributed by atoms with E-state index >= 15 is 0 Å². The standard InChI is InChI=1S/C13H21BrN2OS2/c1-4-16-10(12(14)8(2)15-16)7-11(17)13-9(3)18-5-6-19-13/h9,11,13,17H,4-7H2,1-3H3. The van der Waals surface area contributed by atoms with Crippen molar-refractivity contribution in [2.24, 2.45) is 0 Å². The number of aliphatic hydroxyl groups is 1. The molecular formula is C13H21BrN2OS2. The number of aromatic nitrogens is 2. The van der Waals surface area contributed by atoms with Crippen LogP contribution in [0.3, 0.4) is 0 Å². The average molecular weight is 365 g/mol. The molecule has 1 fully saturated rings. The minimum Gasteiger partial charge on any atom is -0.392 e. The van der Waals surface area contributed by atoms with E-state index < -0.39 is 0 Å². The molecule has 3 unspecified atom stereocenters.